The molecule has 2 unspecified atom stereocenters. The lowest BCUT2D eigenvalue weighted by Crippen LogP contribution is -2.50. The summed E-state index contributed by atoms with van der Waals surface area (Å²) in [5.41, 5.74) is 1.61. The Morgan fingerprint density at radius 1 is 1.50 bits per heavy atom. The Hall–Kier alpha value is -1.04. The molecule has 3 rings (SSSR count). The van der Waals surface area contributed by atoms with Crippen molar-refractivity contribution in [1.29, 1.82) is 0 Å². The number of para-hydroxylation sites is 2. The SMILES string of the molecule is CNC1(CO)CCCC(Sc2nc3ccccc3o2)C1. The van der Waals surface area contributed by atoms with Crippen LogP contribution in [0.25, 0.3) is 11.1 Å². The Labute approximate surface area is 123 Å². The summed E-state index contributed by atoms with van der Waals surface area (Å²) in [7, 11) is 1.93. The van der Waals surface area contributed by atoms with Crippen LogP contribution in [-0.4, -0.2) is 34.5 Å². The largest absolute Gasteiger partial charge is 0.431 e. The first kappa shape index (κ1) is 13.9. The van der Waals surface area contributed by atoms with Crippen LogP contribution in [0, 0.1) is 0 Å². The molecule has 108 valence electrons. The van der Waals surface area contributed by atoms with Gasteiger partial charge in [0.2, 0.25) is 0 Å². The summed E-state index contributed by atoms with van der Waals surface area (Å²) in [4.78, 5) is 4.52. The third-order valence-corrected chi connectivity index (χ3v) is 5.29. The monoisotopic (exact) mass is 292 g/mol. The number of nitrogens with one attached hydrogen (secondary N) is 1. The first-order chi connectivity index (χ1) is 9.74. The first-order valence-electron chi connectivity index (χ1n) is 7.07. The fourth-order valence-electron chi connectivity index (χ4n) is 2.90. The molecule has 0 amide bonds. The lowest BCUT2D eigenvalue weighted by molar-refractivity contribution is 0.131. The first-order valence-corrected chi connectivity index (χ1v) is 7.95. The minimum Gasteiger partial charge on any atom is -0.431 e. The Morgan fingerprint density at radius 2 is 2.35 bits per heavy atom. The highest BCUT2D eigenvalue weighted by molar-refractivity contribution is 7.99. The standard InChI is InChI=1S/C15H20N2O2S/c1-16-15(10-18)8-4-5-11(9-15)20-14-17-12-6-2-3-7-13(12)19-14/h2-3,6-7,11,16,18H,4-5,8-10H2,1H3. The number of rotatable bonds is 4. The van der Waals surface area contributed by atoms with E-state index in [1.54, 1.807) is 11.8 Å². The summed E-state index contributed by atoms with van der Waals surface area (Å²) in [6.07, 6.45) is 4.25. The fourth-order valence-corrected chi connectivity index (χ4v) is 4.16. The summed E-state index contributed by atoms with van der Waals surface area (Å²) < 4.78 is 5.78. The third-order valence-electron chi connectivity index (χ3n) is 4.17. The highest BCUT2D eigenvalue weighted by Gasteiger charge is 2.35. The lowest BCUT2D eigenvalue weighted by atomic mass is 9.82. The molecule has 1 heterocycles. The number of thioether (sulfide) groups is 1. The smallest absolute Gasteiger partial charge is 0.257 e. The molecular weight excluding hydrogens is 272 g/mol. The average Bonchev–Trinajstić information content (AvgIpc) is 2.89. The van der Waals surface area contributed by atoms with Gasteiger partial charge in [0.15, 0.2) is 5.58 Å². The van der Waals surface area contributed by atoms with Crippen molar-refractivity contribution in [2.45, 2.75) is 41.7 Å². The number of aromatic nitrogens is 1. The van der Waals surface area contributed by atoms with Crippen molar-refractivity contribution >= 4 is 22.9 Å². The number of fused-ring (bicyclic) bond motifs is 1. The maximum Gasteiger partial charge on any atom is 0.257 e. The zero-order valence-corrected chi connectivity index (χ0v) is 12.4. The number of likely N-dealkylation sites (N-methyl/N-ethyl adjacent to an activating group) is 1. The summed E-state index contributed by atoms with van der Waals surface area (Å²) in [5.74, 6) is 0. The molecule has 2 aromatic rings. The Morgan fingerprint density at radius 3 is 3.10 bits per heavy atom. The number of benzene rings is 1. The molecule has 1 aromatic carbocycles. The van der Waals surface area contributed by atoms with Crippen molar-refractivity contribution in [3.8, 4) is 0 Å². The maximum absolute atomic E-state index is 9.63. The van der Waals surface area contributed by atoms with Gasteiger partial charge in [0.05, 0.1) is 6.61 Å². The highest BCUT2D eigenvalue weighted by Crippen LogP contribution is 2.38. The molecule has 1 aliphatic rings. The second-order valence-corrected chi connectivity index (χ2v) is 6.72. The number of nitrogens with zero attached hydrogens (tertiary/aromatic N) is 1. The molecule has 1 fully saturated rings. The van der Waals surface area contributed by atoms with Gasteiger partial charge in [-0.15, -0.1) is 0 Å². The molecule has 1 saturated carbocycles. The van der Waals surface area contributed by atoms with E-state index < -0.39 is 0 Å². The van der Waals surface area contributed by atoms with Crippen molar-refractivity contribution in [1.82, 2.24) is 10.3 Å². The quantitative estimate of drug-likeness (QED) is 0.907. The zero-order valence-electron chi connectivity index (χ0n) is 11.6. The second kappa shape index (κ2) is 5.76. The maximum atomic E-state index is 9.63. The van der Waals surface area contributed by atoms with E-state index >= 15 is 0 Å². The van der Waals surface area contributed by atoms with E-state index in [4.69, 9.17) is 4.42 Å². The van der Waals surface area contributed by atoms with E-state index in [9.17, 15) is 5.11 Å². The van der Waals surface area contributed by atoms with Crippen LogP contribution < -0.4 is 5.32 Å². The number of hydrogen-bond acceptors (Lipinski definition) is 5. The van der Waals surface area contributed by atoms with Crippen molar-refractivity contribution in [2.75, 3.05) is 13.7 Å². The molecule has 5 heteroatoms. The molecular formula is C15H20N2O2S. The lowest BCUT2D eigenvalue weighted by Gasteiger charge is -2.38. The molecule has 0 spiro atoms. The minimum absolute atomic E-state index is 0.137. The molecule has 0 bridgehead atoms. The number of aliphatic hydroxyl groups excluding tert-OH is 1. The van der Waals surface area contributed by atoms with Gasteiger partial charge in [0.25, 0.3) is 5.22 Å². The van der Waals surface area contributed by atoms with E-state index in [1.165, 1.54) is 0 Å². The van der Waals surface area contributed by atoms with Crippen molar-refractivity contribution in [2.24, 2.45) is 0 Å². The molecule has 2 atom stereocenters. The van der Waals surface area contributed by atoms with Crippen LogP contribution in [0.1, 0.15) is 25.7 Å². The molecule has 0 saturated heterocycles. The van der Waals surface area contributed by atoms with Crippen LogP contribution >= 0.6 is 11.8 Å². The summed E-state index contributed by atoms with van der Waals surface area (Å²) in [6.45, 7) is 0.189. The summed E-state index contributed by atoms with van der Waals surface area (Å²) in [5, 5.41) is 14.1. The molecule has 0 aliphatic heterocycles. The molecule has 20 heavy (non-hydrogen) atoms. The third kappa shape index (κ3) is 2.71. The van der Waals surface area contributed by atoms with Crippen LogP contribution in [0.3, 0.4) is 0 Å². The topological polar surface area (TPSA) is 58.3 Å². The van der Waals surface area contributed by atoms with Gasteiger partial charge >= 0.3 is 0 Å². The Bertz CT molecular complexity index is 547. The Balaban J connectivity index is 1.73. The van der Waals surface area contributed by atoms with Gasteiger partial charge in [0, 0.05) is 10.8 Å². The average molecular weight is 292 g/mol. The summed E-state index contributed by atoms with van der Waals surface area (Å²) in [6, 6.07) is 7.84. The van der Waals surface area contributed by atoms with Crippen LogP contribution in [0.15, 0.2) is 33.9 Å². The van der Waals surface area contributed by atoms with Crippen molar-refractivity contribution in [3.05, 3.63) is 24.3 Å². The van der Waals surface area contributed by atoms with Gasteiger partial charge in [-0.25, -0.2) is 4.98 Å². The van der Waals surface area contributed by atoms with Gasteiger partial charge in [-0.05, 0) is 38.4 Å². The Kier molecular flexibility index (Phi) is 4.01. The van der Waals surface area contributed by atoms with Gasteiger partial charge < -0.3 is 14.8 Å². The summed E-state index contributed by atoms with van der Waals surface area (Å²) >= 11 is 1.69. The van der Waals surface area contributed by atoms with Crippen LogP contribution in [0.2, 0.25) is 0 Å². The van der Waals surface area contributed by atoms with Gasteiger partial charge in [0.1, 0.15) is 5.52 Å². The number of oxazole rings is 1. The normalized spacial score (nSPS) is 27.0. The molecule has 0 radical (unpaired) electrons. The predicted octanol–water partition coefficient (Wildman–Crippen LogP) is 2.81. The molecule has 1 aliphatic carbocycles. The van der Waals surface area contributed by atoms with Gasteiger partial charge in [-0.1, -0.05) is 30.3 Å². The second-order valence-electron chi connectivity index (χ2n) is 5.47. The van der Waals surface area contributed by atoms with Crippen LogP contribution in [0.4, 0.5) is 0 Å². The van der Waals surface area contributed by atoms with Gasteiger partial charge in [-0.2, -0.15) is 0 Å². The van der Waals surface area contributed by atoms with E-state index in [2.05, 4.69) is 10.3 Å². The van der Waals surface area contributed by atoms with E-state index in [1.807, 2.05) is 31.3 Å². The molecule has 2 N–H and O–H groups in total. The van der Waals surface area contributed by atoms with Crippen molar-refractivity contribution < 1.29 is 9.52 Å². The van der Waals surface area contributed by atoms with Gasteiger partial charge in [-0.3, -0.25) is 0 Å². The van der Waals surface area contributed by atoms with E-state index in [0.29, 0.717) is 5.25 Å². The molecule has 1 aromatic heterocycles. The highest BCUT2D eigenvalue weighted by atomic mass is 32.2. The zero-order chi connectivity index (χ0) is 14.0. The predicted molar refractivity (Wildman–Crippen MR) is 81.0 cm³/mol. The van der Waals surface area contributed by atoms with Crippen molar-refractivity contribution in [3.63, 3.8) is 0 Å². The number of aliphatic hydroxyl groups is 1. The molecule has 4 nitrogen and oxygen atoms in total. The van der Waals surface area contributed by atoms with Crippen LogP contribution in [-0.2, 0) is 0 Å². The van der Waals surface area contributed by atoms with E-state index in [0.717, 1.165) is 42.0 Å². The van der Waals surface area contributed by atoms with Crippen LogP contribution in [0.5, 0.6) is 0 Å². The number of hydrogen-bond donors (Lipinski definition) is 2. The fraction of sp³-hybridized carbons (Fsp3) is 0.533. The minimum atomic E-state index is -0.137. The van der Waals surface area contributed by atoms with E-state index in [-0.39, 0.29) is 12.1 Å².